The predicted molar refractivity (Wildman–Crippen MR) is 154 cm³/mol. The molecule has 0 unspecified atom stereocenters. The zero-order chi connectivity index (χ0) is 25.3. The first-order chi connectivity index (χ1) is 18.8. The summed E-state index contributed by atoms with van der Waals surface area (Å²) in [6, 6.07) is 45.1. The van der Waals surface area contributed by atoms with Gasteiger partial charge in [0.05, 0.1) is 22.4 Å². The fourth-order valence-electron chi connectivity index (χ4n) is 4.97. The molecule has 3 aromatic heterocycles. The second kappa shape index (κ2) is 9.34. The van der Waals surface area contributed by atoms with Crippen molar-refractivity contribution in [2.75, 3.05) is 0 Å². The van der Waals surface area contributed by atoms with Crippen LogP contribution in [0.1, 0.15) is 0 Å². The van der Waals surface area contributed by atoms with E-state index < -0.39 is 0 Å². The van der Waals surface area contributed by atoms with E-state index in [9.17, 15) is 0 Å². The van der Waals surface area contributed by atoms with Gasteiger partial charge in [0.1, 0.15) is 17.3 Å². The highest BCUT2D eigenvalue weighted by atomic mass is 16.5. The van der Waals surface area contributed by atoms with Gasteiger partial charge in [0.25, 0.3) is 0 Å². The lowest BCUT2D eigenvalue weighted by Gasteiger charge is -2.11. The van der Waals surface area contributed by atoms with Crippen LogP contribution in [0.15, 0.2) is 140 Å². The molecule has 38 heavy (non-hydrogen) atoms. The highest BCUT2D eigenvalue weighted by molar-refractivity contribution is 6.09. The maximum Gasteiger partial charge on any atom is 0.138 e. The Balaban J connectivity index is 1.34. The SMILES string of the molecule is c1ccc(-c2cccc(-n3c4ccccc4c4ccc(Oc5cccc(-c6ccccn6)c5)cc43)n2)cc1. The molecule has 0 bridgehead atoms. The van der Waals surface area contributed by atoms with Crippen LogP contribution in [0, 0.1) is 0 Å². The number of fused-ring (bicyclic) bond motifs is 3. The molecule has 180 valence electrons. The Morgan fingerprint density at radius 2 is 1.24 bits per heavy atom. The molecule has 0 N–H and O–H groups in total. The molecule has 0 radical (unpaired) electrons. The first-order valence-electron chi connectivity index (χ1n) is 12.6. The van der Waals surface area contributed by atoms with Crippen molar-refractivity contribution < 1.29 is 4.74 Å². The van der Waals surface area contributed by atoms with Crippen molar-refractivity contribution in [3.63, 3.8) is 0 Å². The highest BCUT2D eigenvalue weighted by Crippen LogP contribution is 2.35. The molecule has 7 rings (SSSR count). The van der Waals surface area contributed by atoms with Crippen LogP contribution in [0.3, 0.4) is 0 Å². The molecule has 0 amide bonds. The van der Waals surface area contributed by atoms with Crippen molar-refractivity contribution in [2.24, 2.45) is 0 Å². The van der Waals surface area contributed by atoms with E-state index in [-0.39, 0.29) is 0 Å². The summed E-state index contributed by atoms with van der Waals surface area (Å²) in [6.45, 7) is 0. The molecule has 4 nitrogen and oxygen atoms in total. The van der Waals surface area contributed by atoms with Crippen molar-refractivity contribution in [3.8, 4) is 39.8 Å². The number of rotatable bonds is 5. The standard InChI is InChI=1S/C34H23N3O/c1-2-10-24(11-3-1)31-16-9-18-34(36-31)37-32-17-5-4-14-28(32)29-20-19-27(23-33(29)37)38-26-13-8-12-25(22-26)30-15-6-7-21-35-30/h1-23H. The van der Waals surface area contributed by atoms with Gasteiger partial charge >= 0.3 is 0 Å². The van der Waals surface area contributed by atoms with Crippen molar-refractivity contribution in [1.29, 1.82) is 0 Å². The number of hydrogen-bond donors (Lipinski definition) is 0. The molecule has 4 aromatic carbocycles. The van der Waals surface area contributed by atoms with Crippen LogP contribution >= 0.6 is 0 Å². The quantitative estimate of drug-likeness (QED) is 0.243. The maximum atomic E-state index is 6.37. The third-order valence-electron chi connectivity index (χ3n) is 6.71. The summed E-state index contributed by atoms with van der Waals surface area (Å²) in [6.07, 6.45) is 1.80. The Hall–Kier alpha value is -5.22. The average molecular weight is 490 g/mol. The molecule has 0 saturated heterocycles. The van der Waals surface area contributed by atoms with Crippen molar-refractivity contribution in [3.05, 3.63) is 140 Å². The highest BCUT2D eigenvalue weighted by Gasteiger charge is 2.15. The molecule has 0 aliphatic heterocycles. The van der Waals surface area contributed by atoms with E-state index in [2.05, 4.69) is 76.3 Å². The Labute approximate surface area is 220 Å². The lowest BCUT2D eigenvalue weighted by Crippen LogP contribution is -1.98. The fourth-order valence-corrected chi connectivity index (χ4v) is 4.97. The molecule has 0 spiro atoms. The molecule has 0 aliphatic rings. The summed E-state index contributed by atoms with van der Waals surface area (Å²) in [4.78, 5) is 9.53. The van der Waals surface area contributed by atoms with Gasteiger partial charge in [-0.1, -0.05) is 72.8 Å². The number of ether oxygens (including phenoxy) is 1. The van der Waals surface area contributed by atoms with Crippen LogP contribution in [-0.4, -0.2) is 14.5 Å². The first-order valence-corrected chi connectivity index (χ1v) is 12.6. The van der Waals surface area contributed by atoms with Crippen LogP contribution in [-0.2, 0) is 0 Å². The van der Waals surface area contributed by atoms with E-state index in [1.165, 1.54) is 5.39 Å². The summed E-state index contributed by atoms with van der Waals surface area (Å²) < 4.78 is 8.58. The number of benzene rings is 4. The van der Waals surface area contributed by atoms with Gasteiger partial charge in [0, 0.05) is 34.2 Å². The smallest absolute Gasteiger partial charge is 0.138 e. The second-order valence-electron chi connectivity index (χ2n) is 9.12. The van der Waals surface area contributed by atoms with Crippen LogP contribution in [0.4, 0.5) is 0 Å². The van der Waals surface area contributed by atoms with Gasteiger partial charge in [0.2, 0.25) is 0 Å². The van der Waals surface area contributed by atoms with Crippen LogP contribution in [0.25, 0.3) is 50.1 Å². The maximum absolute atomic E-state index is 6.37. The minimum atomic E-state index is 0.763. The number of hydrogen-bond acceptors (Lipinski definition) is 3. The van der Waals surface area contributed by atoms with Crippen LogP contribution in [0.2, 0.25) is 0 Å². The van der Waals surface area contributed by atoms with Gasteiger partial charge in [-0.25, -0.2) is 4.98 Å². The second-order valence-corrected chi connectivity index (χ2v) is 9.12. The summed E-state index contributed by atoms with van der Waals surface area (Å²) in [5.74, 6) is 2.39. The number of nitrogens with zero attached hydrogens (tertiary/aromatic N) is 3. The predicted octanol–water partition coefficient (Wildman–Crippen LogP) is 8.70. The van der Waals surface area contributed by atoms with Crippen LogP contribution in [0.5, 0.6) is 11.5 Å². The fraction of sp³-hybridized carbons (Fsp3) is 0. The van der Waals surface area contributed by atoms with Gasteiger partial charge in [0.15, 0.2) is 0 Å². The minimum Gasteiger partial charge on any atom is -0.457 e. The topological polar surface area (TPSA) is 39.9 Å². The molecule has 0 aliphatic carbocycles. The van der Waals surface area contributed by atoms with E-state index in [0.29, 0.717) is 0 Å². The summed E-state index contributed by atoms with van der Waals surface area (Å²) in [7, 11) is 0. The normalized spacial score (nSPS) is 11.2. The van der Waals surface area contributed by atoms with Gasteiger partial charge in [-0.05, 0) is 54.6 Å². The minimum absolute atomic E-state index is 0.763. The largest absolute Gasteiger partial charge is 0.457 e. The van der Waals surface area contributed by atoms with E-state index in [1.54, 1.807) is 6.20 Å². The molecule has 0 atom stereocenters. The zero-order valence-corrected chi connectivity index (χ0v) is 20.5. The number of pyridine rings is 2. The molecule has 4 heteroatoms. The molecule has 0 fully saturated rings. The molecule has 3 heterocycles. The summed E-state index contributed by atoms with van der Waals surface area (Å²) in [5, 5.41) is 2.33. The third kappa shape index (κ3) is 3.98. The Bertz CT molecular complexity index is 1890. The zero-order valence-electron chi connectivity index (χ0n) is 20.5. The Morgan fingerprint density at radius 1 is 0.500 bits per heavy atom. The lowest BCUT2D eigenvalue weighted by molar-refractivity contribution is 0.483. The lowest BCUT2D eigenvalue weighted by atomic mass is 10.1. The van der Waals surface area contributed by atoms with Gasteiger partial charge in [-0.3, -0.25) is 9.55 Å². The van der Waals surface area contributed by atoms with Gasteiger partial charge in [-0.2, -0.15) is 0 Å². The van der Waals surface area contributed by atoms with E-state index in [4.69, 9.17) is 9.72 Å². The van der Waals surface area contributed by atoms with E-state index >= 15 is 0 Å². The Morgan fingerprint density at radius 3 is 2.13 bits per heavy atom. The number of para-hydroxylation sites is 1. The van der Waals surface area contributed by atoms with Gasteiger partial charge < -0.3 is 4.74 Å². The number of aromatic nitrogens is 3. The molecule has 7 aromatic rings. The van der Waals surface area contributed by atoms with Crippen molar-refractivity contribution >= 4 is 21.8 Å². The van der Waals surface area contributed by atoms with E-state index in [1.807, 2.05) is 66.7 Å². The monoisotopic (exact) mass is 489 g/mol. The molecular weight excluding hydrogens is 466 g/mol. The molecular formula is C34H23N3O. The van der Waals surface area contributed by atoms with Crippen molar-refractivity contribution in [2.45, 2.75) is 0 Å². The first kappa shape index (κ1) is 22.0. The summed E-state index contributed by atoms with van der Waals surface area (Å²) >= 11 is 0. The van der Waals surface area contributed by atoms with Gasteiger partial charge in [-0.15, -0.1) is 0 Å². The van der Waals surface area contributed by atoms with E-state index in [0.717, 1.165) is 56.3 Å². The van der Waals surface area contributed by atoms with Crippen molar-refractivity contribution in [1.82, 2.24) is 14.5 Å². The van der Waals surface area contributed by atoms with Crippen LogP contribution < -0.4 is 4.74 Å². The summed E-state index contributed by atoms with van der Waals surface area (Å²) in [5.41, 5.74) is 6.11. The molecule has 0 saturated carbocycles. The Kier molecular flexibility index (Phi) is 5.41. The third-order valence-corrected chi connectivity index (χ3v) is 6.71. The average Bonchev–Trinajstić information content (AvgIpc) is 3.32.